The van der Waals surface area contributed by atoms with Gasteiger partial charge in [-0.25, -0.2) is 4.98 Å². The van der Waals surface area contributed by atoms with Gasteiger partial charge in [-0.3, -0.25) is 4.79 Å². The van der Waals surface area contributed by atoms with Crippen molar-refractivity contribution in [3.05, 3.63) is 65.5 Å². The van der Waals surface area contributed by atoms with Crippen LogP contribution in [0.4, 0.5) is 0 Å². The Morgan fingerprint density at radius 2 is 1.83 bits per heavy atom. The molecule has 1 heterocycles. The zero-order valence-corrected chi connectivity index (χ0v) is 17.6. The van der Waals surface area contributed by atoms with E-state index in [0.717, 1.165) is 24.0 Å². The molecule has 3 aromatic rings. The second kappa shape index (κ2) is 8.61. The Balaban J connectivity index is 1.61. The van der Waals surface area contributed by atoms with Gasteiger partial charge < -0.3 is 18.8 Å². The highest BCUT2D eigenvalue weighted by Crippen LogP contribution is 2.43. The number of nitrogens with zero attached hydrogens (tertiary/aromatic N) is 2. The van der Waals surface area contributed by atoms with Crippen LogP contribution in [0, 0.1) is 0 Å². The SMILES string of the molecule is CCN(Cc1ccc(OC)c(OC)c1)C(=O)c1nc(-c2ccccc2)oc1C1CC1. The minimum Gasteiger partial charge on any atom is -0.493 e. The summed E-state index contributed by atoms with van der Waals surface area (Å²) in [6.45, 7) is 2.98. The summed E-state index contributed by atoms with van der Waals surface area (Å²) in [4.78, 5) is 19.8. The summed E-state index contributed by atoms with van der Waals surface area (Å²) in [5.74, 6) is 2.70. The van der Waals surface area contributed by atoms with Crippen LogP contribution < -0.4 is 9.47 Å². The van der Waals surface area contributed by atoms with E-state index in [2.05, 4.69) is 4.98 Å². The third kappa shape index (κ3) is 4.03. The fourth-order valence-electron chi connectivity index (χ4n) is 3.49. The lowest BCUT2D eigenvalue weighted by molar-refractivity contribution is 0.0745. The number of rotatable bonds is 8. The van der Waals surface area contributed by atoms with Crippen molar-refractivity contribution in [3.8, 4) is 23.0 Å². The summed E-state index contributed by atoms with van der Waals surface area (Å²) in [6.07, 6.45) is 2.07. The first-order valence-electron chi connectivity index (χ1n) is 10.2. The van der Waals surface area contributed by atoms with Crippen molar-refractivity contribution in [2.75, 3.05) is 20.8 Å². The van der Waals surface area contributed by atoms with E-state index in [0.29, 0.717) is 41.9 Å². The molecule has 1 fully saturated rings. The Morgan fingerprint density at radius 1 is 1.10 bits per heavy atom. The van der Waals surface area contributed by atoms with Crippen LogP contribution in [0.3, 0.4) is 0 Å². The van der Waals surface area contributed by atoms with Crippen molar-refractivity contribution in [2.45, 2.75) is 32.2 Å². The van der Waals surface area contributed by atoms with Crippen LogP contribution in [0.5, 0.6) is 11.5 Å². The quantitative estimate of drug-likeness (QED) is 0.532. The van der Waals surface area contributed by atoms with Crippen molar-refractivity contribution in [1.82, 2.24) is 9.88 Å². The van der Waals surface area contributed by atoms with Gasteiger partial charge in [-0.15, -0.1) is 0 Å². The van der Waals surface area contributed by atoms with Gasteiger partial charge in [0, 0.05) is 24.6 Å². The molecule has 1 aliphatic rings. The number of ether oxygens (including phenoxy) is 2. The highest BCUT2D eigenvalue weighted by Gasteiger charge is 2.35. The molecule has 0 spiro atoms. The number of carbonyl (C=O) groups excluding carboxylic acids is 1. The fourth-order valence-corrected chi connectivity index (χ4v) is 3.49. The lowest BCUT2D eigenvalue weighted by Crippen LogP contribution is -2.31. The van der Waals surface area contributed by atoms with E-state index < -0.39 is 0 Å². The van der Waals surface area contributed by atoms with E-state index in [-0.39, 0.29) is 11.8 Å². The predicted octanol–water partition coefficient (Wildman–Crippen LogP) is 4.90. The fraction of sp³-hybridized carbons (Fsp3) is 0.333. The number of methoxy groups -OCH3 is 2. The molecule has 0 bridgehead atoms. The molecule has 1 amide bonds. The summed E-state index contributed by atoms with van der Waals surface area (Å²) in [5, 5.41) is 0. The predicted molar refractivity (Wildman–Crippen MR) is 114 cm³/mol. The summed E-state index contributed by atoms with van der Waals surface area (Å²) in [7, 11) is 3.21. The van der Waals surface area contributed by atoms with Crippen molar-refractivity contribution >= 4 is 5.91 Å². The molecule has 0 N–H and O–H groups in total. The number of benzene rings is 2. The minimum atomic E-state index is -0.111. The number of oxazole rings is 1. The molecule has 0 radical (unpaired) electrons. The van der Waals surface area contributed by atoms with Gasteiger partial charge in [0.05, 0.1) is 14.2 Å². The van der Waals surface area contributed by atoms with Crippen molar-refractivity contribution < 1.29 is 18.7 Å². The molecular weight excluding hydrogens is 380 g/mol. The Kier molecular flexibility index (Phi) is 5.74. The van der Waals surface area contributed by atoms with Gasteiger partial charge in [0.15, 0.2) is 17.2 Å². The van der Waals surface area contributed by atoms with Gasteiger partial charge in [0.1, 0.15) is 5.76 Å². The number of aromatic nitrogens is 1. The van der Waals surface area contributed by atoms with Crippen molar-refractivity contribution in [3.63, 3.8) is 0 Å². The first-order chi connectivity index (χ1) is 14.6. The number of carbonyl (C=O) groups is 1. The van der Waals surface area contributed by atoms with E-state index >= 15 is 0 Å². The summed E-state index contributed by atoms with van der Waals surface area (Å²) < 4.78 is 16.8. The van der Waals surface area contributed by atoms with Gasteiger partial charge in [-0.05, 0) is 49.6 Å². The van der Waals surface area contributed by atoms with Gasteiger partial charge in [0.25, 0.3) is 5.91 Å². The zero-order valence-electron chi connectivity index (χ0n) is 17.6. The van der Waals surface area contributed by atoms with Crippen LogP contribution in [0.15, 0.2) is 52.9 Å². The van der Waals surface area contributed by atoms with E-state index in [1.807, 2.05) is 55.5 Å². The van der Waals surface area contributed by atoms with E-state index in [9.17, 15) is 4.79 Å². The maximum atomic E-state index is 13.4. The van der Waals surface area contributed by atoms with Gasteiger partial charge in [-0.1, -0.05) is 24.3 Å². The second-order valence-electron chi connectivity index (χ2n) is 7.38. The lowest BCUT2D eigenvalue weighted by atomic mass is 10.1. The normalized spacial score (nSPS) is 13.2. The molecule has 1 aromatic heterocycles. The van der Waals surface area contributed by atoms with Crippen LogP contribution >= 0.6 is 0 Å². The van der Waals surface area contributed by atoms with Crippen LogP contribution in [-0.2, 0) is 6.54 Å². The van der Waals surface area contributed by atoms with Crippen LogP contribution in [0.1, 0.15) is 47.5 Å². The average molecular weight is 406 g/mol. The molecule has 0 atom stereocenters. The Bertz CT molecular complexity index is 1020. The molecule has 2 aromatic carbocycles. The molecule has 0 aliphatic heterocycles. The maximum Gasteiger partial charge on any atom is 0.276 e. The lowest BCUT2D eigenvalue weighted by Gasteiger charge is -2.21. The summed E-state index contributed by atoms with van der Waals surface area (Å²) in [6, 6.07) is 15.4. The van der Waals surface area contributed by atoms with Gasteiger partial charge in [-0.2, -0.15) is 0 Å². The minimum absolute atomic E-state index is 0.111. The Morgan fingerprint density at radius 3 is 2.47 bits per heavy atom. The highest BCUT2D eigenvalue weighted by molar-refractivity contribution is 5.94. The number of hydrogen-bond donors (Lipinski definition) is 0. The number of amides is 1. The van der Waals surface area contributed by atoms with Crippen LogP contribution in [0.25, 0.3) is 11.5 Å². The molecule has 1 saturated carbocycles. The van der Waals surface area contributed by atoms with Gasteiger partial charge >= 0.3 is 0 Å². The van der Waals surface area contributed by atoms with Crippen molar-refractivity contribution in [1.29, 1.82) is 0 Å². The molecule has 0 saturated heterocycles. The smallest absolute Gasteiger partial charge is 0.276 e. The molecule has 30 heavy (non-hydrogen) atoms. The largest absolute Gasteiger partial charge is 0.493 e. The molecule has 4 rings (SSSR count). The summed E-state index contributed by atoms with van der Waals surface area (Å²) in [5.41, 5.74) is 2.27. The molecule has 6 heteroatoms. The molecule has 0 unspecified atom stereocenters. The highest BCUT2D eigenvalue weighted by atomic mass is 16.5. The maximum absolute atomic E-state index is 13.4. The van der Waals surface area contributed by atoms with Crippen molar-refractivity contribution in [2.24, 2.45) is 0 Å². The number of hydrogen-bond acceptors (Lipinski definition) is 5. The van der Waals surface area contributed by atoms with Crippen LogP contribution in [-0.4, -0.2) is 36.6 Å². The second-order valence-corrected chi connectivity index (χ2v) is 7.38. The molecule has 6 nitrogen and oxygen atoms in total. The third-order valence-corrected chi connectivity index (χ3v) is 5.32. The monoisotopic (exact) mass is 406 g/mol. The zero-order chi connectivity index (χ0) is 21.1. The topological polar surface area (TPSA) is 64.8 Å². The van der Waals surface area contributed by atoms with Gasteiger partial charge in [0.2, 0.25) is 5.89 Å². The first kappa shape index (κ1) is 20.0. The van der Waals surface area contributed by atoms with E-state index in [1.165, 1.54) is 0 Å². The molecule has 1 aliphatic carbocycles. The van der Waals surface area contributed by atoms with E-state index in [1.54, 1.807) is 19.1 Å². The van der Waals surface area contributed by atoms with E-state index in [4.69, 9.17) is 13.9 Å². The molecular formula is C24H26N2O4. The average Bonchev–Trinajstić information content (AvgIpc) is 3.55. The Labute approximate surface area is 176 Å². The standard InChI is InChI=1S/C24H26N2O4/c1-4-26(15-16-10-13-19(28-2)20(14-16)29-3)24(27)21-22(17-11-12-17)30-23(25-21)18-8-6-5-7-9-18/h5-10,13-14,17H,4,11-12,15H2,1-3H3. The third-order valence-electron chi connectivity index (χ3n) is 5.32. The molecule has 156 valence electrons. The Hall–Kier alpha value is -3.28. The van der Waals surface area contributed by atoms with Crippen LogP contribution in [0.2, 0.25) is 0 Å². The summed E-state index contributed by atoms with van der Waals surface area (Å²) >= 11 is 0. The first-order valence-corrected chi connectivity index (χ1v) is 10.2.